The Bertz CT molecular complexity index is 829. The second-order valence-electron chi connectivity index (χ2n) is 5.49. The second kappa shape index (κ2) is 6.13. The van der Waals surface area contributed by atoms with Gasteiger partial charge in [0.05, 0.1) is 12.1 Å². The first-order valence-corrected chi connectivity index (χ1v) is 8.68. The third-order valence-electron chi connectivity index (χ3n) is 3.70. The molecule has 0 fully saturated rings. The van der Waals surface area contributed by atoms with E-state index in [2.05, 4.69) is 9.88 Å². The molecular weight excluding hydrogens is 318 g/mol. The van der Waals surface area contributed by atoms with Crippen molar-refractivity contribution in [2.45, 2.75) is 26.3 Å². The van der Waals surface area contributed by atoms with Gasteiger partial charge >= 0.3 is 10.2 Å². The Morgan fingerprint density at radius 2 is 2.09 bits per heavy atom. The molecule has 0 aliphatic carbocycles. The molecule has 1 aromatic carbocycles. The van der Waals surface area contributed by atoms with Gasteiger partial charge in [-0.05, 0) is 24.5 Å². The van der Waals surface area contributed by atoms with Crippen LogP contribution in [0.5, 0.6) is 0 Å². The molecule has 122 valence electrons. The number of hydrogen-bond donors (Lipinski definition) is 1. The lowest BCUT2D eigenvalue weighted by Crippen LogP contribution is -2.46. The van der Waals surface area contributed by atoms with Gasteiger partial charge in [-0.15, -0.1) is 0 Å². The molecule has 0 atom stereocenters. The lowest BCUT2D eigenvalue weighted by molar-refractivity contribution is -0.118. The molecule has 8 heteroatoms. The Kier molecular flexibility index (Phi) is 4.18. The fourth-order valence-electron chi connectivity index (χ4n) is 2.59. The van der Waals surface area contributed by atoms with Gasteiger partial charge in [0.15, 0.2) is 0 Å². The zero-order valence-corrected chi connectivity index (χ0v) is 13.5. The van der Waals surface area contributed by atoms with E-state index < -0.39 is 16.1 Å². The van der Waals surface area contributed by atoms with E-state index in [1.54, 1.807) is 13.0 Å². The van der Waals surface area contributed by atoms with E-state index in [1.165, 1.54) is 4.31 Å². The van der Waals surface area contributed by atoms with Gasteiger partial charge in [0.1, 0.15) is 5.76 Å². The first-order valence-electron chi connectivity index (χ1n) is 7.24. The van der Waals surface area contributed by atoms with Crippen molar-refractivity contribution in [3.8, 4) is 0 Å². The van der Waals surface area contributed by atoms with Crippen LogP contribution in [0, 0.1) is 6.92 Å². The van der Waals surface area contributed by atoms with Crippen molar-refractivity contribution in [2.24, 2.45) is 0 Å². The van der Waals surface area contributed by atoms with Gasteiger partial charge in [0.25, 0.3) is 0 Å². The molecule has 3 rings (SSSR count). The van der Waals surface area contributed by atoms with Gasteiger partial charge in [0, 0.05) is 19.2 Å². The van der Waals surface area contributed by atoms with Crippen molar-refractivity contribution in [1.82, 2.24) is 14.2 Å². The van der Waals surface area contributed by atoms with E-state index >= 15 is 0 Å². The molecule has 1 aliphatic heterocycles. The van der Waals surface area contributed by atoms with Crippen molar-refractivity contribution in [3.05, 3.63) is 52.9 Å². The number of carbonyl (C=O) groups is 1. The minimum Gasteiger partial charge on any atom is -0.361 e. The van der Waals surface area contributed by atoms with Gasteiger partial charge in [-0.25, -0.2) is 4.72 Å². The number of hydrogen-bond acceptors (Lipinski definition) is 5. The van der Waals surface area contributed by atoms with Gasteiger partial charge in [-0.1, -0.05) is 29.4 Å². The van der Waals surface area contributed by atoms with Crippen LogP contribution in [0.3, 0.4) is 0 Å². The molecule has 2 heterocycles. The standard InChI is InChI=1S/C15H17N3O4S/c1-11-8-14(16-22-11)9-15(19)17-23(20,21)18-7-6-12-4-2-3-5-13(12)10-18/h2-5,8H,6-7,9-10H2,1H3,(H,17,19). The summed E-state index contributed by atoms with van der Waals surface area (Å²) in [7, 11) is -3.86. The molecule has 23 heavy (non-hydrogen) atoms. The number of nitrogens with one attached hydrogen (secondary N) is 1. The molecule has 2 aromatic rings. The van der Waals surface area contributed by atoms with Crippen LogP contribution in [0.2, 0.25) is 0 Å². The van der Waals surface area contributed by atoms with Gasteiger partial charge < -0.3 is 4.52 Å². The highest BCUT2D eigenvalue weighted by Gasteiger charge is 2.28. The number of aryl methyl sites for hydroxylation is 1. The minimum absolute atomic E-state index is 0.138. The SMILES string of the molecule is Cc1cc(CC(=O)NS(=O)(=O)N2CCc3ccccc3C2)no1. The third kappa shape index (κ3) is 3.59. The molecule has 0 bridgehead atoms. The molecule has 0 radical (unpaired) electrons. The lowest BCUT2D eigenvalue weighted by atomic mass is 10.0. The number of carbonyl (C=O) groups excluding carboxylic acids is 1. The average Bonchev–Trinajstić information content (AvgIpc) is 2.91. The summed E-state index contributed by atoms with van der Waals surface area (Å²) in [6.07, 6.45) is 0.495. The van der Waals surface area contributed by atoms with Crippen molar-refractivity contribution in [1.29, 1.82) is 0 Å². The van der Waals surface area contributed by atoms with E-state index in [0.29, 0.717) is 24.4 Å². The smallest absolute Gasteiger partial charge is 0.304 e. The Morgan fingerprint density at radius 3 is 2.78 bits per heavy atom. The van der Waals surface area contributed by atoms with Crippen LogP contribution < -0.4 is 4.72 Å². The van der Waals surface area contributed by atoms with Gasteiger partial charge in [0.2, 0.25) is 5.91 Å². The quantitative estimate of drug-likeness (QED) is 0.898. The molecule has 7 nitrogen and oxygen atoms in total. The minimum atomic E-state index is -3.86. The highest BCUT2D eigenvalue weighted by molar-refractivity contribution is 7.87. The summed E-state index contributed by atoms with van der Waals surface area (Å²) in [6.45, 7) is 2.32. The maximum absolute atomic E-state index is 12.4. The third-order valence-corrected chi connectivity index (χ3v) is 5.17. The van der Waals surface area contributed by atoms with Crippen LogP contribution in [-0.4, -0.2) is 30.3 Å². The van der Waals surface area contributed by atoms with Gasteiger partial charge in [-0.2, -0.15) is 12.7 Å². The Hall–Kier alpha value is -2.19. The summed E-state index contributed by atoms with van der Waals surface area (Å²) in [6, 6.07) is 9.30. The summed E-state index contributed by atoms with van der Waals surface area (Å²) in [4.78, 5) is 11.9. The molecule has 1 aromatic heterocycles. The van der Waals surface area contributed by atoms with E-state index in [9.17, 15) is 13.2 Å². The Labute approximate surface area is 134 Å². The highest BCUT2D eigenvalue weighted by atomic mass is 32.2. The van der Waals surface area contributed by atoms with Crippen LogP contribution in [0.25, 0.3) is 0 Å². The van der Waals surface area contributed by atoms with E-state index in [0.717, 1.165) is 11.1 Å². The fraction of sp³-hybridized carbons (Fsp3) is 0.333. The van der Waals surface area contributed by atoms with Crippen molar-refractivity contribution < 1.29 is 17.7 Å². The van der Waals surface area contributed by atoms with E-state index in [-0.39, 0.29) is 13.0 Å². The number of benzene rings is 1. The van der Waals surface area contributed by atoms with Crippen LogP contribution >= 0.6 is 0 Å². The summed E-state index contributed by atoms with van der Waals surface area (Å²) in [5, 5.41) is 3.68. The maximum atomic E-state index is 12.4. The predicted octanol–water partition coefficient (Wildman–Crippen LogP) is 0.945. The van der Waals surface area contributed by atoms with Crippen LogP contribution in [0.1, 0.15) is 22.6 Å². The molecule has 0 spiro atoms. The largest absolute Gasteiger partial charge is 0.361 e. The van der Waals surface area contributed by atoms with Crippen LogP contribution in [0.4, 0.5) is 0 Å². The van der Waals surface area contributed by atoms with Crippen LogP contribution in [0.15, 0.2) is 34.9 Å². The first-order chi connectivity index (χ1) is 10.9. The summed E-state index contributed by atoms with van der Waals surface area (Å²) in [5.41, 5.74) is 2.51. The summed E-state index contributed by atoms with van der Waals surface area (Å²) < 4.78 is 32.9. The molecule has 1 aliphatic rings. The fourth-order valence-corrected chi connectivity index (χ4v) is 3.71. The number of amides is 1. The normalized spacial score (nSPS) is 15.2. The van der Waals surface area contributed by atoms with Crippen molar-refractivity contribution in [2.75, 3.05) is 6.54 Å². The topological polar surface area (TPSA) is 92.5 Å². The average molecular weight is 335 g/mol. The van der Waals surface area contributed by atoms with Crippen LogP contribution in [-0.2, 0) is 34.4 Å². The molecule has 0 saturated heterocycles. The monoisotopic (exact) mass is 335 g/mol. The van der Waals surface area contributed by atoms with Gasteiger partial charge in [-0.3, -0.25) is 4.79 Å². The number of fused-ring (bicyclic) bond motifs is 1. The number of rotatable bonds is 4. The molecular formula is C15H17N3O4S. The predicted molar refractivity (Wildman–Crippen MR) is 82.6 cm³/mol. The molecule has 0 unspecified atom stereocenters. The summed E-state index contributed by atoms with van der Waals surface area (Å²) in [5.74, 6) is -0.0551. The Morgan fingerprint density at radius 1 is 1.35 bits per heavy atom. The molecule has 1 N–H and O–H groups in total. The highest BCUT2D eigenvalue weighted by Crippen LogP contribution is 2.20. The number of nitrogens with zero attached hydrogens (tertiary/aromatic N) is 2. The zero-order chi connectivity index (χ0) is 16.4. The zero-order valence-electron chi connectivity index (χ0n) is 12.7. The molecule has 0 saturated carbocycles. The Balaban J connectivity index is 1.66. The van der Waals surface area contributed by atoms with Crippen molar-refractivity contribution in [3.63, 3.8) is 0 Å². The summed E-state index contributed by atoms with van der Waals surface area (Å²) >= 11 is 0. The van der Waals surface area contributed by atoms with E-state index in [1.807, 2.05) is 24.3 Å². The number of aromatic nitrogens is 1. The van der Waals surface area contributed by atoms with Crippen molar-refractivity contribution >= 4 is 16.1 Å². The second-order valence-corrected chi connectivity index (χ2v) is 7.16. The first kappa shape index (κ1) is 15.7. The lowest BCUT2D eigenvalue weighted by Gasteiger charge is -2.27. The molecule has 1 amide bonds. The van der Waals surface area contributed by atoms with E-state index in [4.69, 9.17) is 4.52 Å². The maximum Gasteiger partial charge on any atom is 0.304 e.